The number of ether oxygens (including phenoxy) is 1. The molecule has 0 aliphatic heterocycles. The maximum absolute atomic E-state index is 9.42. The normalized spacial score (nSPS) is 11.3. The first-order valence-corrected chi connectivity index (χ1v) is 8.57. The Labute approximate surface area is 175 Å². The molecule has 27 heavy (non-hydrogen) atoms. The van der Waals surface area contributed by atoms with Crippen molar-refractivity contribution in [3.05, 3.63) is 65.2 Å². The van der Waals surface area contributed by atoms with Crippen molar-refractivity contribution in [2.24, 2.45) is 0 Å². The molecule has 0 heterocycles. The molecule has 0 aliphatic carbocycles. The van der Waals surface area contributed by atoms with Gasteiger partial charge in [0.25, 0.3) is 0 Å². The van der Waals surface area contributed by atoms with E-state index in [1.807, 2.05) is 38.4 Å². The molecule has 0 aromatic heterocycles. The number of hydrogen-bond donors (Lipinski definition) is 0. The fourth-order valence-corrected chi connectivity index (χ4v) is 2.74. The van der Waals surface area contributed by atoms with Gasteiger partial charge in [0, 0.05) is 24.7 Å². The maximum atomic E-state index is 9.42. The number of rotatable bonds is 8. The molecule has 0 radical (unpaired) electrons. The summed E-state index contributed by atoms with van der Waals surface area (Å²) < 4.78 is 6.04. The summed E-state index contributed by atoms with van der Waals surface area (Å²) >= 11 is 0. The molecule has 1 unspecified atom stereocenters. The van der Waals surface area contributed by atoms with E-state index in [4.69, 9.17) is 4.74 Å². The van der Waals surface area contributed by atoms with Gasteiger partial charge in [0.15, 0.2) is 0 Å². The molecule has 0 aliphatic rings. The lowest BCUT2D eigenvalue weighted by Crippen LogP contribution is -2.24. The van der Waals surface area contributed by atoms with Crippen LogP contribution < -0.4 is 4.74 Å². The summed E-state index contributed by atoms with van der Waals surface area (Å²) in [5.41, 5.74) is 2.93. The second kappa shape index (κ2) is 12.6. The van der Waals surface area contributed by atoms with Gasteiger partial charge in [-0.3, -0.25) is 4.90 Å². The summed E-state index contributed by atoms with van der Waals surface area (Å²) in [6.45, 7) is 4.39. The number of nitriles is 1. The molecule has 0 bridgehead atoms. The highest BCUT2D eigenvalue weighted by Crippen LogP contribution is 2.31. The van der Waals surface area contributed by atoms with Gasteiger partial charge in [0.1, 0.15) is 12.4 Å². The first-order valence-electron chi connectivity index (χ1n) is 8.57. The van der Waals surface area contributed by atoms with Gasteiger partial charge < -0.3 is 9.64 Å². The smallest absolute Gasteiger partial charge is 0.125 e. The third kappa shape index (κ3) is 7.40. The zero-order chi connectivity index (χ0) is 18.2. The van der Waals surface area contributed by atoms with E-state index in [1.165, 1.54) is 5.56 Å². The average molecular weight is 410 g/mol. The van der Waals surface area contributed by atoms with Gasteiger partial charge in [-0.1, -0.05) is 36.4 Å². The number of benzene rings is 2. The number of likely N-dealkylation sites (N-methyl/N-ethyl adjacent to an activating group) is 1. The maximum Gasteiger partial charge on any atom is 0.125 e. The lowest BCUT2D eigenvalue weighted by Gasteiger charge is -2.24. The Bertz CT molecular complexity index is 717. The highest BCUT2D eigenvalue weighted by molar-refractivity contribution is 5.85. The molecule has 0 spiro atoms. The molecule has 2 aromatic rings. The SMILES string of the molecule is CC(c1c(C#N)cccc1OCCN(C)Cc1ccccc1)N(C)C.Cl.Cl. The predicted octanol–water partition coefficient (Wildman–Crippen LogP) is 4.54. The van der Waals surface area contributed by atoms with Crippen LogP contribution in [0.4, 0.5) is 0 Å². The molecular weight excluding hydrogens is 381 g/mol. The fourth-order valence-electron chi connectivity index (χ4n) is 2.74. The average Bonchev–Trinajstić information content (AvgIpc) is 2.61. The lowest BCUT2D eigenvalue weighted by molar-refractivity contribution is 0.226. The Morgan fingerprint density at radius 1 is 1.00 bits per heavy atom. The second-order valence-electron chi connectivity index (χ2n) is 6.54. The molecule has 0 fully saturated rings. The second-order valence-corrected chi connectivity index (χ2v) is 6.54. The summed E-state index contributed by atoms with van der Waals surface area (Å²) in [6, 6.07) is 18.5. The highest BCUT2D eigenvalue weighted by Gasteiger charge is 2.18. The van der Waals surface area contributed by atoms with Crippen LogP contribution in [0.2, 0.25) is 0 Å². The largest absolute Gasteiger partial charge is 0.492 e. The van der Waals surface area contributed by atoms with Crippen molar-refractivity contribution in [2.45, 2.75) is 19.5 Å². The fraction of sp³-hybridized carbons (Fsp3) is 0.381. The van der Waals surface area contributed by atoms with E-state index in [-0.39, 0.29) is 30.9 Å². The van der Waals surface area contributed by atoms with Crippen molar-refractivity contribution in [2.75, 3.05) is 34.3 Å². The van der Waals surface area contributed by atoms with E-state index >= 15 is 0 Å². The van der Waals surface area contributed by atoms with Crippen LogP contribution in [0.3, 0.4) is 0 Å². The summed E-state index contributed by atoms with van der Waals surface area (Å²) in [4.78, 5) is 4.32. The standard InChI is InChI=1S/C21H27N3O.2ClH/c1-17(23(2)3)21-19(15-22)11-8-12-20(21)25-14-13-24(4)16-18-9-6-5-7-10-18;;/h5-12,17H,13-14,16H2,1-4H3;2*1H. The summed E-state index contributed by atoms with van der Waals surface area (Å²) in [6.07, 6.45) is 0. The van der Waals surface area contributed by atoms with Crippen molar-refractivity contribution >= 4 is 24.8 Å². The van der Waals surface area contributed by atoms with Gasteiger partial charge in [0.2, 0.25) is 0 Å². The van der Waals surface area contributed by atoms with E-state index in [0.717, 1.165) is 24.4 Å². The van der Waals surface area contributed by atoms with Gasteiger partial charge in [-0.2, -0.15) is 5.26 Å². The number of nitrogens with zero attached hydrogens (tertiary/aromatic N) is 3. The molecule has 0 saturated heterocycles. The third-order valence-corrected chi connectivity index (χ3v) is 4.40. The first kappa shape index (κ1) is 25.2. The summed E-state index contributed by atoms with van der Waals surface area (Å²) in [7, 11) is 6.11. The van der Waals surface area contributed by atoms with Crippen LogP contribution in [0.1, 0.15) is 29.7 Å². The number of halogens is 2. The van der Waals surface area contributed by atoms with Crippen LogP contribution in [-0.4, -0.2) is 44.1 Å². The monoisotopic (exact) mass is 409 g/mol. The summed E-state index contributed by atoms with van der Waals surface area (Å²) in [5.74, 6) is 0.799. The molecule has 0 N–H and O–H groups in total. The Hall–Kier alpha value is -1.77. The summed E-state index contributed by atoms with van der Waals surface area (Å²) in [5, 5.41) is 9.42. The van der Waals surface area contributed by atoms with E-state index in [1.54, 1.807) is 0 Å². The minimum atomic E-state index is 0. The zero-order valence-electron chi connectivity index (χ0n) is 16.4. The Morgan fingerprint density at radius 3 is 2.26 bits per heavy atom. The van der Waals surface area contributed by atoms with Crippen LogP contribution in [-0.2, 0) is 6.54 Å². The highest BCUT2D eigenvalue weighted by atomic mass is 35.5. The van der Waals surface area contributed by atoms with Crippen molar-refractivity contribution in [3.63, 3.8) is 0 Å². The predicted molar refractivity (Wildman–Crippen MR) is 116 cm³/mol. The first-order chi connectivity index (χ1) is 12.0. The molecule has 0 amide bonds. The van der Waals surface area contributed by atoms with Gasteiger partial charge in [0.05, 0.1) is 11.6 Å². The van der Waals surface area contributed by atoms with E-state index in [0.29, 0.717) is 12.2 Å². The molecule has 2 rings (SSSR count). The van der Waals surface area contributed by atoms with Crippen molar-refractivity contribution in [1.82, 2.24) is 9.80 Å². The van der Waals surface area contributed by atoms with Crippen LogP contribution in [0, 0.1) is 11.3 Å². The number of hydrogen-bond acceptors (Lipinski definition) is 4. The minimum absolute atomic E-state index is 0. The Morgan fingerprint density at radius 2 is 1.67 bits per heavy atom. The molecule has 148 valence electrons. The van der Waals surface area contributed by atoms with Crippen LogP contribution in [0.5, 0.6) is 5.75 Å². The Kier molecular flexibility index (Phi) is 11.8. The Balaban J connectivity index is 0.00000338. The van der Waals surface area contributed by atoms with Gasteiger partial charge in [-0.15, -0.1) is 24.8 Å². The molecule has 0 saturated carbocycles. The van der Waals surface area contributed by atoms with Crippen molar-refractivity contribution in [1.29, 1.82) is 5.26 Å². The molecule has 2 aromatic carbocycles. The molecule has 6 heteroatoms. The quantitative estimate of drug-likeness (QED) is 0.641. The van der Waals surface area contributed by atoms with Crippen molar-refractivity contribution < 1.29 is 4.74 Å². The van der Waals surface area contributed by atoms with Crippen LogP contribution in [0.25, 0.3) is 0 Å². The van der Waals surface area contributed by atoms with Crippen LogP contribution >= 0.6 is 24.8 Å². The van der Waals surface area contributed by atoms with Gasteiger partial charge in [-0.05, 0) is 45.8 Å². The van der Waals surface area contributed by atoms with E-state index in [2.05, 4.69) is 54.1 Å². The molecule has 4 nitrogen and oxygen atoms in total. The lowest BCUT2D eigenvalue weighted by atomic mass is 10.0. The van der Waals surface area contributed by atoms with E-state index < -0.39 is 0 Å². The zero-order valence-corrected chi connectivity index (χ0v) is 18.0. The van der Waals surface area contributed by atoms with Crippen molar-refractivity contribution in [3.8, 4) is 11.8 Å². The van der Waals surface area contributed by atoms with E-state index in [9.17, 15) is 5.26 Å². The molecule has 1 atom stereocenters. The van der Waals surface area contributed by atoms with Gasteiger partial charge >= 0.3 is 0 Å². The molecular formula is C21H29Cl2N3O. The van der Waals surface area contributed by atoms with Crippen LogP contribution in [0.15, 0.2) is 48.5 Å². The van der Waals surface area contributed by atoms with Gasteiger partial charge in [-0.25, -0.2) is 0 Å². The minimum Gasteiger partial charge on any atom is -0.492 e. The third-order valence-electron chi connectivity index (χ3n) is 4.40. The topological polar surface area (TPSA) is 39.5 Å².